The highest BCUT2D eigenvalue weighted by atomic mass is 35.5. The summed E-state index contributed by atoms with van der Waals surface area (Å²) >= 11 is 13.4. The van der Waals surface area contributed by atoms with E-state index in [2.05, 4.69) is 29.6 Å². The first-order chi connectivity index (χ1) is 9.10. The maximum atomic E-state index is 9.48. The molecule has 0 bridgehead atoms. The van der Waals surface area contributed by atoms with E-state index in [9.17, 15) is 5.11 Å². The lowest BCUT2D eigenvalue weighted by atomic mass is 10.2. The van der Waals surface area contributed by atoms with Gasteiger partial charge in [-0.3, -0.25) is 0 Å². The molecule has 0 unspecified atom stereocenters. The molecule has 5 heteroatoms. The van der Waals surface area contributed by atoms with Crippen molar-refractivity contribution < 1.29 is 5.11 Å². The van der Waals surface area contributed by atoms with Crippen molar-refractivity contribution in [1.29, 1.82) is 0 Å². The molecule has 0 amide bonds. The zero-order chi connectivity index (χ0) is 13.8. The number of hydrogen-bond acceptors (Lipinski definition) is 3. The van der Waals surface area contributed by atoms with Crippen molar-refractivity contribution >= 4 is 40.7 Å². The highest BCUT2D eigenvalue weighted by Crippen LogP contribution is 2.34. The van der Waals surface area contributed by atoms with Crippen molar-refractivity contribution in [3.63, 3.8) is 0 Å². The van der Waals surface area contributed by atoms with Crippen molar-refractivity contribution in [2.45, 2.75) is 11.4 Å². The predicted molar refractivity (Wildman–Crippen MR) is 83.7 cm³/mol. The number of rotatable bonds is 4. The Hall–Kier alpha value is -1.03. The van der Waals surface area contributed by atoms with Crippen molar-refractivity contribution in [3.05, 3.63) is 52.0 Å². The van der Waals surface area contributed by atoms with Crippen LogP contribution in [0.5, 0.6) is 5.75 Å². The van der Waals surface area contributed by atoms with Gasteiger partial charge >= 0.3 is 0 Å². The SMILES string of the molecule is CSc1ccc(CNc2cc(Cl)c(O)c(Cl)c2)cc1. The van der Waals surface area contributed by atoms with Gasteiger partial charge in [0.1, 0.15) is 0 Å². The van der Waals surface area contributed by atoms with Crippen LogP contribution in [-0.2, 0) is 6.54 Å². The molecule has 0 fully saturated rings. The number of thioether (sulfide) groups is 1. The third kappa shape index (κ3) is 3.72. The molecule has 2 N–H and O–H groups in total. The van der Waals surface area contributed by atoms with Crippen LogP contribution >= 0.6 is 35.0 Å². The average molecular weight is 314 g/mol. The zero-order valence-electron chi connectivity index (χ0n) is 10.3. The van der Waals surface area contributed by atoms with Gasteiger partial charge in [-0.05, 0) is 36.1 Å². The molecule has 0 aliphatic rings. The minimum Gasteiger partial charge on any atom is -0.505 e. The summed E-state index contributed by atoms with van der Waals surface area (Å²) in [6.07, 6.45) is 2.05. The van der Waals surface area contributed by atoms with Gasteiger partial charge in [-0.2, -0.15) is 0 Å². The van der Waals surface area contributed by atoms with Crippen molar-refractivity contribution in [3.8, 4) is 5.75 Å². The van der Waals surface area contributed by atoms with Crippen molar-refractivity contribution in [1.82, 2.24) is 0 Å². The van der Waals surface area contributed by atoms with Gasteiger partial charge in [-0.15, -0.1) is 11.8 Å². The van der Waals surface area contributed by atoms with Crippen LogP contribution in [0.4, 0.5) is 5.69 Å². The van der Waals surface area contributed by atoms with E-state index >= 15 is 0 Å². The van der Waals surface area contributed by atoms with E-state index in [4.69, 9.17) is 23.2 Å². The predicted octanol–water partition coefficient (Wildman–Crippen LogP) is 5.03. The molecule has 100 valence electrons. The normalized spacial score (nSPS) is 10.5. The first kappa shape index (κ1) is 14.4. The molecule has 0 saturated heterocycles. The number of halogens is 2. The maximum absolute atomic E-state index is 9.48. The Labute approximate surface area is 126 Å². The Balaban J connectivity index is 2.05. The summed E-state index contributed by atoms with van der Waals surface area (Å²) in [5.74, 6) is -0.0850. The first-order valence-electron chi connectivity index (χ1n) is 5.65. The molecule has 0 saturated carbocycles. The van der Waals surface area contributed by atoms with Gasteiger partial charge in [0, 0.05) is 17.1 Å². The molecule has 19 heavy (non-hydrogen) atoms. The smallest absolute Gasteiger partial charge is 0.152 e. The minimum absolute atomic E-state index is 0.0850. The molecule has 2 nitrogen and oxygen atoms in total. The number of aromatic hydroxyl groups is 1. The molecule has 0 aliphatic heterocycles. The third-order valence-electron chi connectivity index (χ3n) is 2.67. The lowest BCUT2D eigenvalue weighted by Gasteiger charge is -2.09. The number of benzene rings is 2. The molecule has 0 atom stereocenters. The van der Waals surface area contributed by atoms with Crippen LogP contribution in [0.2, 0.25) is 10.0 Å². The molecule has 0 spiro atoms. The van der Waals surface area contributed by atoms with Crippen LogP contribution in [0.25, 0.3) is 0 Å². The lowest BCUT2D eigenvalue weighted by Crippen LogP contribution is -1.99. The highest BCUT2D eigenvalue weighted by molar-refractivity contribution is 7.98. The standard InChI is InChI=1S/C14H13Cl2NOS/c1-19-11-4-2-9(3-5-11)8-17-10-6-12(15)14(18)13(16)7-10/h2-7,17-18H,8H2,1H3. The first-order valence-corrected chi connectivity index (χ1v) is 7.63. The zero-order valence-corrected chi connectivity index (χ0v) is 12.6. The van der Waals surface area contributed by atoms with Gasteiger partial charge in [0.25, 0.3) is 0 Å². The molecule has 0 aromatic heterocycles. The van der Waals surface area contributed by atoms with Gasteiger partial charge in [0.05, 0.1) is 10.0 Å². The van der Waals surface area contributed by atoms with Crippen LogP contribution in [0, 0.1) is 0 Å². The molecule has 0 heterocycles. The summed E-state index contributed by atoms with van der Waals surface area (Å²) in [6.45, 7) is 0.673. The van der Waals surface area contributed by atoms with E-state index < -0.39 is 0 Å². The minimum atomic E-state index is -0.0850. The van der Waals surface area contributed by atoms with E-state index in [-0.39, 0.29) is 15.8 Å². The fourth-order valence-corrected chi connectivity index (χ4v) is 2.51. The molecular weight excluding hydrogens is 301 g/mol. The molecule has 0 radical (unpaired) electrons. The Bertz CT molecular complexity index is 549. The van der Waals surface area contributed by atoms with Crippen LogP contribution in [0.1, 0.15) is 5.56 Å². The highest BCUT2D eigenvalue weighted by Gasteiger charge is 2.06. The number of nitrogens with one attached hydrogen (secondary N) is 1. The summed E-state index contributed by atoms with van der Waals surface area (Å²) < 4.78 is 0. The van der Waals surface area contributed by atoms with Gasteiger partial charge in [-0.1, -0.05) is 35.3 Å². The molecular formula is C14H13Cl2NOS. The summed E-state index contributed by atoms with van der Waals surface area (Å²) in [6, 6.07) is 11.6. The van der Waals surface area contributed by atoms with Crippen molar-refractivity contribution in [2.75, 3.05) is 11.6 Å². The quantitative estimate of drug-likeness (QED) is 0.613. The monoisotopic (exact) mass is 313 g/mol. The topological polar surface area (TPSA) is 32.3 Å². The number of anilines is 1. The largest absolute Gasteiger partial charge is 0.505 e. The van der Waals surface area contributed by atoms with E-state index in [0.29, 0.717) is 6.54 Å². The molecule has 2 rings (SSSR count). The molecule has 0 aliphatic carbocycles. The van der Waals surface area contributed by atoms with E-state index in [1.165, 1.54) is 4.90 Å². The van der Waals surface area contributed by atoms with Crippen LogP contribution in [0.15, 0.2) is 41.3 Å². The summed E-state index contributed by atoms with van der Waals surface area (Å²) in [7, 11) is 0. The van der Waals surface area contributed by atoms with Crippen molar-refractivity contribution in [2.24, 2.45) is 0 Å². The van der Waals surface area contributed by atoms with E-state index in [0.717, 1.165) is 11.3 Å². The molecule has 2 aromatic carbocycles. The molecule has 2 aromatic rings. The van der Waals surface area contributed by atoms with E-state index in [1.807, 2.05) is 6.26 Å². The summed E-state index contributed by atoms with van der Waals surface area (Å²) in [5, 5.41) is 13.2. The fourth-order valence-electron chi connectivity index (χ4n) is 1.62. The Morgan fingerprint density at radius 2 is 1.68 bits per heavy atom. The van der Waals surface area contributed by atoms with E-state index in [1.54, 1.807) is 23.9 Å². The Morgan fingerprint density at radius 3 is 2.21 bits per heavy atom. The third-order valence-corrected chi connectivity index (χ3v) is 3.99. The van der Waals surface area contributed by atoms with Gasteiger partial charge < -0.3 is 10.4 Å². The second kappa shape index (κ2) is 6.42. The van der Waals surface area contributed by atoms with Crippen LogP contribution in [0.3, 0.4) is 0 Å². The van der Waals surface area contributed by atoms with Gasteiger partial charge in [0.2, 0.25) is 0 Å². The van der Waals surface area contributed by atoms with Gasteiger partial charge in [0.15, 0.2) is 5.75 Å². The van der Waals surface area contributed by atoms with Crippen LogP contribution < -0.4 is 5.32 Å². The maximum Gasteiger partial charge on any atom is 0.152 e. The second-order valence-electron chi connectivity index (χ2n) is 3.99. The van der Waals surface area contributed by atoms with Gasteiger partial charge in [-0.25, -0.2) is 0 Å². The lowest BCUT2D eigenvalue weighted by molar-refractivity contribution is 0.476. The number of phenols is 1. The second-order valence-corrected chi connectivity index (χ2v) is 5.68. The fraction of sp³-hybridized carbons (Fsp3) is 0.143. The Morgan fingerprint density at radius 1 is 1.11 bits per heavy atom. The average Bonchev–Trinajstić information content (AvgIpc) is 2.43. The summed E-state index contributed by atoms with van der Waals surface area (Å²) in [5.41, 5.74) is 1.94. The summed E-state index contributed by atoms with van der Waals surface area (Å²) in [4.78, 5) is 1.24. The number of hydrogen-bond donors (Lipinski definition) is 2. The Kier molecular flexibility index (Phi) is 4.86. The van der Waals surface area contributed by atoms with Crippen LogP contribution in [-0.4, -0.2) is 11.4 Å². The number of phenolic OH excluding ortho intramolecular Hbond substituents is 1.